The number of carbonyl (C=O) groups excluding carboxylic acids is 1. The number of amides is 1. The summed E-state index contributed by atoms with van der Waals surface area (Å²) in [4.78, 5) is 16.8. The van der Waals surface area contributed by atoms with Gasteiger partial charge in [0.25, 0.3) is 5.91 Å². The van der Waals surface area contributed by atoms with Gasteiger partial charge in [-0.15, -0.1) is 0 Å². The Bertz CT molecular complexity index is 905. The van der Waals surface area contributed by atoms with Crippen LogP contribution in [0.15, 0.2) is 47.1 Å². The lowest BCUT2D eigenvalue weighted by Crippen LogP contribution is -2.24. The van der Waals surface area contributed by atoms with E-state index in [4.69, 9.17) is 14.2 Å². The maximum Gasteiger partial charge on any atom is 0.275 e. The molecular formula is C22H24N2O4. The van der Waals surface area contributed by atoms with Crippen LogP contribution in [-0.2, 0) is 11.2 Å². The fraction of sp³-hybridized carbons (Fsp3) is 0.273. The Kier molecular flexibility index (Phi) is 5.99. The van der Waals surface area contributed by atoms with Crippen molar-refractivity contribution in [2.24, 2.45) is 4.99 Å². The largest absolute Gasteiger partial charge is 0.493 e. The summed E-state index contributed by atoms with van der Waals surface area (Å²) in [6, 6.07) is 11.9. The molecule has 2 aromatic carbocycles. The van der Waals surface area contributed by atoms with E-state index >= 15 is 0 Å². The van der Waals surface area contributed by atoms with Crippen LogP contribution in [0.2, 0.25) is 0 Å². The Labute approximate surface area is 164 Å². The number of nitrogens with zero attached hydrogens (tertiary/aromatic N) is 1. The van der Waals surface area contributed by atoms with E-state index in [-0.39, 0.29) is 5.91 Å². The van der Waals surface area contributed by atoms with Crippen LogP contribution in [0, 0.1) is 6.92 Å². The highest BCUT2D eigenvalue weighted by Crippen LogP contribution is 2.38. The van der Waals surface area contributed by atoms with Gasteiger partial charge in [0, 0.05) is 6.42 Å². The van der Waals surface area contributed by atoms with Gasteiger partial charge in [0.05, 0.1) is 21.3 Å². The number of hydrogen-bond acceptors (Lipinski definition) is 5. The highest BCUT2D eigenvalue weighted by atomic mass is 16.5. The molecular weight excluding hydrogens is 356 g/mol. The molecule has 1 amide bonds. The lowest BCUT2D eigenvalue weighted by atomic mass is 10.1. The van der Waals surface area contributed by atoms with Crippen molar-refractivity contribution in [1.29, 1.82) is 0 Å². The molecule has 0 bridgehead atoms. The van der Waals surface area contributed by atoms with E-state index in [1.54, 1.807) is 39.5 Å². The molecule has 2 aromatic rings. The maximum absolute atomic E-state index is 12.3. The quantitative estimate of drug-likeness (QED) is 0.746. The Morgan fingerprint density at radius 2 is 1.61 bits per heavy atom. The number of aliphatic imine (C=N–C) groups is 1. The van der Waals surface area contributed by atoms with E-state index in [9.17, 15) is 4.79 Å². The molecule has 6 heteroatoms. The molecule has 0 aliphatic carbocycles. The third-order valence-electron chi connectivity index (χ3n) is 4.51. The van der Waals surface area contributed by atoms with Crippen LogP contribution in [0.3, 0.4) is 0 Å². The van der Waals surface area contributed by atoms with Crippen molar-refractivity contribution in [3.8, 4) is 17.2 Å². The number of hydrogen-bond donors (Lipinski definition) is 1. The topological polar surface area (TPSA) is 69.2 Å². The van der Waals surface area contributed by atoms with Crippen LogP contribution in [0.4, 0.5) is 0 Å². The molecule has 28 heavy (non-hydrogen) atoms. The lowest BCUT2D eigenvalue weighted by Gasteiger charge is -2.12. The first-order chi connectivity index (χ1) is 13.5. The predicted octanol–water partition coefficient (Wildman–Crippen LogP) is 3.52. The molecule has 0 atom stereocenters. The van der Waals surface area contributed by atoms with E-state index in [1.807, 2.05) is 0 Å². The van der Waals surface area contributed by atoms with Gasteiger partial charge >= 0.3 is 0 Å². The molecule has 1 N–H and O–H groups in total. The van der Waals surface area contributed by atoms with Gasteiger partial charge in [0.15, 0.2) is 11.5 Å². The molecule has 0 fully saturated rings. The number of methoxy groups -OCH3 is 3. The van der Waals surface area contributed by atoms with E-state index in [2.05, 4.69) is 41.5 Å². The van der Waals surface area contributed by atoms with Crippen molar-refractivity contribution < 1.29 is 19.0 Å². The van der Waals surface area contributed by atoms with Crippen LogP contribution >= 0.6 is 0 Å². The summed E-state index contributed by atoms with van der Waals surface area (Å²) in [5, 5.41) is 2.84. The lowest BCUT2D eigenvalue weighted by molar-refractivity contribution is -0.115. The minimum absolute atomic E-state index is 0.215. The average molecular weight is 380 g/mol. The summed E-state index contributed by atoms with van der Waals surface area (Å²) in [5.41, 5.74) is 3.53. The van der Waals surface area contributed by atoms with Gasteiger partial charge in [-0.05, 0) is 42.7 Å². The minimum atomic E-state index is -0.215. The minimum Gasteiger partial charge on any atom is -0.493 e. The molecule has 0 radical (unpaired) electrons. The zero-order valence-electron chi connectivity index (χ0n) is 16.5. The second kappa shape index (κ2) is 8.61. The number of ether oxygens (including phenoxy) is 3. The summed E-state index contributed by atoms with van der Waals surface area (Å²) in [6.45, 7) is 2.06. The van der Waals surface area contributed by atoms with Crippen LogP contribution < -0.4 is 19.5 Å². The molecule has 0 aromatic heterocycles. The van der Waals surface area contributed by atoms with Crippen molar-refractivity contribution in [1.82, 2.24) is 5.32 Å². The third-order valence-corrected chi connectivity index (χ3v) is 4.51. The maximum atomic E-state index is 12.3. The standard InChI is InChI=1S/C22H24N2O4/c1-14-5-7-15(8-6-14)9-10-20-23-17(22(25)24-20)11-16-12-18(26-2)21(28-4)19(13-16)27-3/h5-8,11-13H,9-10H2,1-4H3,(H,23,24,25)/b17-11+. The molecule has 1 aliphatic rings. The van der Waals surface area contributed by atoms with Gasteiger partial charge < -0.3 is 19.5 Å². The number of aryl methyl sites for hydroxylation is 2. The Hall–Kier alpha value is -3.28. The number of nitrogens with one attached hydrogen (secondary N) is 1. The van der Waals surface area contributed by atoms with Crippen LogP contribution in [0.1, 0.15) is 23.1 Å². The SMILES string of the molecule is COc1cc(/C=C2/N=C(CCc3ccc(C)cc3)NC2=O)cc(OC)c1OC. The Morgan fingerprint density at radius 3 is 2.18 bits per heavy atom. The van der Waals surface area contributed by atoms with Crippen LogP contribution in [0.25, 0.3) is 6.08 Å². The molecule has 0 saturated carbocycles. The Morgan fingerprint density at radius 1 is 0.964 bits per heavy atom. The molecule has 146 valence electrons. The molecule has 1 aliphatic heterocycles. The Balaban J connectivity index is 1.79. The average Bonchev–Trinajstić information content (AvgIpc) is 3.05. The smallest absolute Gasteiger partial charge is 0.275 e. The van der Waals surface area contributed by atoms with Gasteiger partial charge in [-0.3, -0.25) is 4.79 Å². The van der Waals surface area contributed by atoms with Gasteiger partial charge in [-0.2, -0.15) is 0 Å². The monoisotopic (exact) mass is 380 g/mol. The van der Waals surface area contributed by atoms with E-state index in [0.29, 0.717) is 35.2 Å². The van der Waals surface area contributed by atoms with Crippen molar-refractivity contribution in [2.45, 2.75) is 19.8 Å². The van der Waals surface area contributed by atoms with Crippen molar-refractivity contribution in [3.63, 3.8) is 0 Å². The molecule has 3 rings (SSSR count). The fourth-order valence-corrected chi connectivity index (χ4v) is 3.00. The first-order valence-corrected chi connectivity index (χ1v) is 9.00. The van der Waals surface area contributed by atoms with Gasteiger partial charge in [-0.1, -0.05) is 29.8 Å². The molecule has 0 saturated heterocycles. The fourth-order valence-electron chi connectivity index (χ4n) is 3.00. The van der Waals surface area contributed by atoms with Gasteiger partial charge in [-0.25, -0.2) is 4.99 Å². The summed E-state index contributed by atoms with van der Waals surface area (Å²) in [6.07, 6.45) is 3.19. The highest BCUT2D eigenvalue weighted by molar-refractivity contribution is 6.14. The highest BCUT2D eigenvalue weighted by Gasteiger charge is 2.20. The summed E-state index contributed by atoms with van der Waals surface area (Å²) in [7, 11) is 4.66. The number of amidine groups is 1. The van der Waals surface area contributed by atoms with E-state index in [0.717, 1.165) is 12.0 Å². The molecule has 6 nitrogen and oxygen atoms in total. The number of rotatable bonds is 7. The third kappa shape index (κ3) is 4.34. The van der Waals surface area contributed by atoms with Gasteiger partial charge in [0.2, 0.25) is 5.75 Å². The van der Waals surface area contributed by atoms with Crippen molar-refractivity contribution >= 4 is 17.8 Å². The van der Waals surface area contributed by atoms with Gasteiger partial charge in [0.1, 0.15) is 11.5 Å². The van der Waals surface area contributed by atoms with Crippen molar-refractivity contribution in [3.05, 3.63) is 58.8 Å². The zero-order valence-corrected chi connectivity index (χ0v) is 16.5. The normalized spacial score (nSPS) is 14.6. The summed E-state index contributed by atoms with van der Waals surface area (Å²) in [5.74, 6) is 2.01. The van der Waals surface area contributed by atoms with E-state index < -0.39 is 0 Å². The van der Waals surface area contributed by atoms with Crippen LogP contribution in [-0.4, -0.2) is 33.1 Å². The first kappa shape index (κ1) is 19.5. The second-order valence-electron chi connectivity index (χ2n) is 6.49. The summed E-state index contributed by atoms with van der Waals surface area (Å²) < 4.78 is 16.0. The zero-order chi connectivity index (χ0) is 20.1. The number of carbonyl (C=O) groups is 1. The van der Waals surface area contributed by atoms with Crippen LogP contribution in [0.5, 0.6) is 17.2 Å². The second-order valence-corrected chi connectivity index (χ2v) is 6.49. The number of benzene rings is 2. The van der Waals surface area contributed by atoms with E-state index in [1.165, 1.54) is 11.1 Å². The molecule has 0 spiro atoms. The molecule has 0 unspecified atom stereocenters. The van der Waals surface area contributed by atoms with Crippen molar-refractivity contribution in [2.75, 3.05) is 21.3 Å². The predicted molar refractivity (Wildman–Crippen MR) is 109 cm³/mol. The first-order valence-electron chi connectivity index (χ1n) is 9.00. The summed E-state index contributed by atoms with van der Waals surface area (Å²) >= 11 is 0. The molecule has 1 heterocycles.